The molecule has 0 unspecified atom stereocenters. The molecule has 5 heteroatoms. The number of esters is 1. The van der Waals surface area contributed by atoms with Crippen molar-refractivity contribution < 1.29 is 14.6 Å². The molecule has 0 aliphatic carbocycles. The Balaban J connectivity index is 2.79. The summed E-state index contributed by atoms with van der Waals surface area (Å²) in [6, 6.07) is 5.11. The first-order valence-electron chi connectivity index (χ1n) is 5.06. The van der Waals surface area contributed by atoms with Gasteiger partial charge in [0.15, 0.2) is 0 Å². The van der Waals surface area contributed by atoms with Crippen molar-refractivity contribution in [3.05, 3.63) is 28.8 Å². The molecule has 1 aromatic carbocycles. The second-order valence-corrected chi connectivity index (χ2v) is 5.69. The number of hydrogen-bond donors (Lipinski definition) is 1. The zero-order valence-corrected chi connectivity index (χ0v) is 11.6. The zero-order chi connectivity index (χ0) is 13.1. The fourth-order valence-electron chi connectivity index (χ4n) is 1.12. The van der Waals surface area contributed by atoms with Gasteiger partial charge in [-0.05, 0) is 32.0 Å². The van der Waals surface area contributed by atoms with E-state index in [4.69, 9.17) is 11.6 Å². The monoisotopic (exact) mass is 274 g/mol. The molecular weight excluding hydrogens is 260 g/mol. The molecule has 0 atom stereocenters. The summed E-state index contributed by atoms with van der Waals surface area (Å²) >= 11 is 7.46. The van der Waals surface area contributed by atoms with Crippen molar-refractivity contribution in [2.24, 2.45) is 0 Å². The lowest BCUT2D eigenvalue weighted by Gasteiger charge is -2.16. The van der Waals surface area contributed by atoms with Gasteiger partial charge in [-0.3, -0.25) is 0 Å². The predicted molar refractivity (Wildman–Crippen MR) is 69.8 cm³/mol. The van der Waals surface area contributed by atoms with E-state index >= 15 is 0 Å². The molecule has 94 valence electrons. The fourth-order valence-corrected chi connectivity index (χ4v) is 2.33. The number of aliphatic hydroxyl groups is 1. The minimum absolute atomic E-state index is 0.349. The summed E-state index contributed by atoms with van der Waals surface area (Å²) in [6.45, 7) is 3.48. The number of carbonyl (C=O) groups is 1. The van der Waals surface area contributed by atoms with Gasteiger partial charge in [-0.1, -0.05) is 11.6 Å². The van der Waals surface area contributed by atoms with Crippen LogP contribution in [-0.2, 0) is 4.74 Å². The highest BCUT2D eigenvalue weighted by molar-refractivity contribution is 7.99. The molecule has 1 N–H and O–H groups in total. The lowest BCUT2D eigenvalue weighted by molar-refractivity contribution is 0.0600. The van der Waals surface area contributed by atoms with E-state index in [0.29, 0.717) is 16.3 Å². The van der Waals surface area contributed by atoms with Gasteiger partial charge >= 0.3 is 5.97 Å². The number of ether oxygens (including phenoxy) is 1. The molecule has 0 radical (unpaired) electrons. The fraction of sp³-hybridized carbons (Fsp3) is 0.417. The van der Waals surface area contributed by atoms with E-state index < -0.39 is 11.6 Å². The van der Waals surface area contributed by atoms with Crippen LogP contribution in [0.25, 0.3) is 0 Å². The summed E-state index contributed by atoms with van der Waals surface area (Å²) in [7, 11) is 1.32. The summed E-state index contributed by atoms with van der Waals surface area (Å²) in [6.07, 6.45) is 0. The Bertz CT molecular complexity index is 413. The van der Waals surface area contributed by atoms with Crippen molar-refractivity contribution in [1.29, 1.82) is 0 Å². The van der Waals surface area contributed by atoms with Crippen molar-refractivity contribution in [3.8, 4) is 0 Å². The van der Waals surface area contributed by atoms with Gasteiger partial charge in [0.1, 0.15) is 0 Å². The molecule has 0 fully saturated rings. The average Bonchev–Trinajstić information content (AvgIpc) is 2.24. The van der Waals surface area contributed by atoms with Gasteiger partial charge in [0.05, 0.1) is 23.3 Å². The smallest absolute Gasteiger partial charge is 0.339 e. The quantitative estimate of drug-likeness (QED) is 0.677. The number of methoxy groups -OCH3 is 1. The Morgan fingerprint density at radius 1 is 1.53 bits per heavy atom. The van der Waals surface area contributed by atoms with E-state index in [1.807, 2.05) is 0 Å². The molecule has 0 aliphatic rings. The number of halogens is 1. The highest BCUT2D eigenvalue weighted by atomic mass is 35.5. The van der Waals surface area contributed by atoms with Crippen LogP contribution in [0.3, 0.4) is 0 Å². The van der Waals surface area contributed by atoms with E-state index in [1.165, 1.54) is 18.9 Å². The topological polar surface area (TPSA) is 46.5 Å². The van der Waals surface area contributed by atoms with Crippen LogP contribution in [0.1, 0.15) is 24.2 Å². The molecule has 0 aliphatic heterocycles. The first-order valence-corrected chi connectivity index (χ1v) is 6.43. The Kier molecular flexibility index (Phi) is 4.86. The third-order valence-electron chi connectivity index (χ3n) is 1.94. The zero-order valence-electron chi connectivity index (χ0n) is 9.99. The largest absolute Gasteiger partial charge is 0.465 e. The highest BCUT2D eigenvalue weighted by Gasteiger charge is 2.15. The van der Waals surface area contributed by atoms with E-state index in [1.54, 1.807) is 32.0 Å². The van der Waals surface area contributed by atoms with E-state index in [0.717, 1.165) is 4.90 Å². The first-order chi connectivity index (χ1) is 7.83. The lowest BCUT2D eigenvalue weighted by Crippen LogP contribution is -2.21. The Hall–Kier alpha value is -0.710. The Morgan fingerprint density at radius 2 is 2.18 bits per heavy atom. The standard InChI is InChI=1S/C12H15ClO3S/c1-12(2,15)7-17-8-4-5-9(10(13)6-8)11(14)16-3/h4-6,15H,7H2,1-3H3. The van der Waals surface area contributed by atoms with Crippen LogP contribution in [0.5, 0.6) is 0 Å². The van der Waals surface area contributed by atoms with Gasteiger partial charge in [0, 0.05) is 10.6 Å². The van der Waals surface area contributed by atoms with Crippen LogP contribution in [-0.4, -0.2) is 29.5 Å². The Morgan fingerprint density at radius 3 is 2.65 bits per heavy atom. The van der Waals surface area contributed by atoms with E-state index in [2.05, 4.69) is 4.74 Å². The SMILES string of the molecule is COC(=O)c1ccc(SCC(C)(C)O)cc1Cl. The molecule has 17 heavy (non-hydrogen) atoms. The van der Waals surface area contributed by atoms with Crippen LogP contribution >= 0.6 is 23.4 Å². The minimum atomic E-state index is -0.738. The molecule has 3 nitrogen and oxygen atoms in total. The highest BCUT2D eigenvalue weighted by Crippen LogP contribution is 2.27. The summed E-state index contributed by atoms with van der Waals surface area (Å²) in [5, 5.41) is 9.96. The summed E-state index contributed by atoms with van der Waals surface area (Å²) in [5.74, 6) is 0.106. The van der Waals surface area contributed by atoms with Crippen molar-refractivity contribution in [2.45, 2.75) is 24.3 Å². The molecule has 0 aromatic heterocycles. The third kappa shape index (κ3) is 4.58. The molecule has 0 bridgehead atoms. The molecular formula is C12H15ClO3S. The van der Waals surface area contributed by atoms with Gasteiger partial charge in [-0.15, -0.1) is 11.8 Å². The summed E-state index contributed by atoms with van der Waals surface area (Å²) in [4.78, 5) is 12.2. The van der Waals surface area contributed by atoms with E-state index in [-0.39, 0.29) is 0 Å². The first kappa shape index (κ1) is 14.4. The second-order valence-electron chi connectivity index (χ2n) is 4.23. The number of hydrogen-bond acceptors (Lipinski definition) is 4. The molecule has 0 heterocycles. The van der Waals surface area contributed by atoms with Crippen molar-refractivity contribution in [3.63, 3.8) is 0 Å². The van der Waals surface area contributed by atoms with Gasteiger partial charge in [-0.25, -0.2) is 4.79 Å². The normalized spacial score (nSPS) is 11.4. The van der Waals surface area contributed by atoms with Crippen LogP contribution in [0.4, 0.5) is 0 Å². The van der Waals surface area contributed by atoms with Gasteiger partial charge in [0.2, 0.25) is 0 Å². The third-order valence-corrected chi connectivity index (χ3v) is 3.69. The number of thioether (sulfide) groups is 1. The van der Waals surface area contributed by atoms with Crippen LogP contribution in [0, 0.1) is 0 Å². The van der Waals surface area contributed by atoms with Gasteiger partial charge in [0.25, 0.3) is 0 Å². The number of carbonyl (C=O) groups excluding carboxylic acids is 1. The summed E-state index contributed by atoms with van der Waals surface area (Å²) < 4.78 is 4.60. The van der Waals surface area contributed by atoms with Crippen molar-refractivity contribution in [2.75, 3.05) is 12.9 Å². The van der Waals surface area contributed by atoms with Crippen LogP contribution in [0.2, 0.25) is 5.02 Å². The van der Waals surface area contributed by atoms with Gasteiger partial charge in [-0.2, -0.15) is 0 Å². The lowest BCUT2D eigenvalue weighted by atomic mass is 10.2. The maximum atomic E-state index is 11.3. The predicted octanol–water partition coefficient (Wildman–Crippen LogP) is 2.99. The van der Waals surface area contributed by atoms with Gasteiger partial charge < -0.3 is 9.84 Å². The van der Waals surface area contributed by atoms with Crippen LogP contribution < -0.4 is 0 Å². The maximum absolute atomic E-state index is 11.3. The second kappa shape index (κ2) is 5.76. The number of rotatable bonds is 4. The van der Waals surface area contributed by atoms with Crippen LogP contribution in [0.15, 0.2) is 23.1 Å². The number of benzene rings is 1. The molecule has 0 saturated carbocycles. The minimum Gasteiger partial charge on any atom is -0.465 e. The Labute approximate surface area is 110 Å². The molecule has 1 aromatic rings. The van der Waals surface area contributed by atoms with E-state index in [9.17, 15) is 9.90 Å². The molecule has 0 amide bonds. The van der Waals surface area contributed by atoms with Crippen molar-refractivity contribution >= 4 is 29.3 Å². The maximum Gasteiger partial charge on any atom is 0.339 e. The molecule has 0 spiro atoms. The average molecular weight is 275 g/mol. The summed E-state index contributed by atoms with van der Waals surface area (Å²) in [5.41, 5.74) is -0.389. The molecule has 1 rings (SSSR count). The molecule has 0 saturated heterocycles. The van der Waals surface area contributed by atoms with Crippen molar-refractivity contribution in [1.82, 2.24) is 0 Å².